The number of fused-ring (bicyclic) bond motifs is 1. The first-order chi connectivity index (χ1) is 18.5. The molecule has 0 saturated heterocycles. The van der Waals surface area contributed by atoms with Crippen molar-refractivity contribution in [1.82, 2.24) is 15.3 Å². The van der Waals surface area contributed by atoms with Crippen LogP contribution in [0.3, 0.4) is 0 Å². The summed E-state index contributed by atoms with van der Waals surface area (Å²) in [5, 5.41) is 7.36. The van der Waals surface area contributed by atoms with E-state index in [1.54, 1.807) is 0 Å². The summed E-state index contributed by atoms with van der Waals surface area (Å²) in [6.45, 7) is 9.54. The lowest BCUT2D eigenvalue weighted by molar-refractivity contribution is 0.281. The van der Waals surface area contributed by atoms with E-state index in [-0.39, 0.29) is 0 Å². The molecule has 4 rings (SSSR count). The highest BCUT2D eigenvalue weighted by Gasteiger charge is 2.24. The van der Waals surface area contributed by atoms with Gasteiger partial charge in [-0.15, -0.1) is 0 Å². The molecule has 1 heterocycles. The zero-order valence-corrected chi connectivity index (χ0v) is 24.1. The molecule has 0 bridgehead atoms. The van der Waals surface area contributed by atoms with Gasteiger partial charge in [-0.1, -0.05) is 0 Å². The molecule has 1 aromatic carbocycles. The number of aromatic nitrogens is 2. The van der Waals surface area contributed by atoms with Crippen LogP contribution in [0.5, 0.6) is 17.2 Å². The second kappa shape index (κ2) is 13.9. The number of hydrogen-bond donors (Lipinski definition) is 2. The van der Waals surface area contributed by atoms with Gasteiger partial charge in [-0.3, -0.25) is 0 Å². The van der Waals surface area contributed by atoms with Crippen LogP contribution in [-0.2, 0) is 19.4 Å². The first kappa shape index (κ1) is 28.3. The Hall–Kier alpha value is -2.74. The van der Waals surface area contributed by atoms with Crippen LogP contribution in [0, 0.1) is 5.92 Å². The van der Waals surface area contributed by atoms with Gasteiger partial charge in [-0.25, -0.2) is 4.98 Å². The standard InChI is InChI=1S/C30H47N5O3/c1-6-36-26-18-28(38-8-3)27(37-7-2)17-22(26)20-31-19-21-13-15-23(16-14-21)32-30-33-25-12-10-9-11-24(25)29(34-30)35(4)5/h17-18,21,23,31H,6-16,19-20H2,1-5H3,(H,32,33,34)/t21-,23+. The summed E-state index contributed by atoms with van der Waals surface area (Å²) in [7, 11) is 4.17. The van der Waals surface area contributed by atoms with Crippen molar-refractivity contribution in [3.8, 4) is 17.2 Å². The average Bonchev–Trinajstić information content (AvgIpc) is 2.91. The third-order valence-electron chi connectivity index (χ3n) is 7.54. The molecular weight excluding hydrogens is 478 g/mol. The van der Waals surface area contributed by atoms with Gasteiger partial charge in [0.1, 0.15) is 11.6 Å². The Morgan fingerprint density at radius 2 is 1.50 bits per heavy atom. The minimum atomic E-state index is 0.437. The second-order valence-corrected chi connectivity index (χ2v) is 10.6. The number of nitrogens with one attached hydrogen (secondary N) is 2. The molecule has 1 aromatic heterocycles. The van der Waals surface area contributed by atoms with Crippen LogP contribution >= 0.6 is 0 Å². The fourth-order valence-electron chi connectivity index (χ4n) is 5.66. The minimum Gasteiger partial charge on any atom is -0.493 e. The molecule has 0 radical (unpaired) electrons. The number of anilines is 2. The molecule has 0 aliphatic heterocycles. The largest absolute Gasteiger partial charge is 0.493 e. The van der Waals surface area contributed by atoms with Gasteiger partial charge >= 0.3 is 0 Å². The van der Waals surface area contributed by atoms with Gasteiger partial charge in [0.05, 0.1) is 25.5 Å². The number of aryl methyl sites for hydroxylation is 1. The Bertz CT molecular complexity index is 1040. The van der Waals surface area contributed by atoms with Gasteiger partial charge in [-0.2, -0.15) is 4.98 Å². The SMILES string of the molecule is CCOc1cc(OCC)c(OCC)cc1CNC[C@H]1CC[C@@H](Nc2nc3c(c(N(C)C)n2)CCCC3)CC1. The topological polar surface area (TPSA) is 80.8 Å². The zero-order valence-electron chi connectivity index (χ0n) is 24.1. The molecule has 38 heavy (non-hydrogen) atoms. The van der Waals surface area contributed by atoms with E-state index in [0.29, 0.717) is 31.8 Å². The number of benzene rings is 1. The summed E-state index contributed by atoms with van der Waals surface area (Å²) in [6.07, 6.45) is 9.31. The number of nitrogens with zero attached hydrogens (tertiary/aromatic N) is 3. The lowest BCUT2D eigenvalue weighted by Gasteiger charge is -2.30. The zero-order chi connectivity index (χ0) is 26.9. The lowest BCUT2D eigenvalue weighted by Crippen LogP contribution is -2.32. The third kappa shape index (κ3) is 7.22. The highest BCUT2D eigenvalue weighted by Crippen LogP contribution is 2.36. The van der Waals surface area contributed by atoms with E-state index in [1.807, 2.05) is 26.8 Å². The second-order valence-electron chi connectivity index (χ2n) is 10.6. The Morgan fingerprint density at radius 3 is 2.18 bits per heavy atom. The van der Waals surface area contributed by atoms with E-state index in [1.165, 1.54) is 36.9 Å². The van der Waals surface area contributed by atoms with Crippen molar-refractivity contribution in [3.63, 3.8) is 0 Å². The first-order valence-electron chi connectivity index (χ1n) is 14.6. The molecule has 2 N–H and O–H groups in total. The van der Waals surface area contributed by atoms with Crippen LogP contribution < -0.4 is 29.7 Å². The highest BCUT2D eigenvalue weighted by atomic mass is 16.5. The molecule has 210 valence electrons. The lowest BCUT2D eigenvalue weighted by atomic mass is 9.86. The summed E-state index contributed by atoms with van der Waals surface area (Å²) in [5.41, 5.74) is 3.69. The van der Waals surface area contributed by atoms with Crippen molar-refractivity contribution >= 4 is 11.8 Å². The summed E-state index contributed by atoms with van der Waals surface area (Å²) < 4.78 is 17.6. The number of ether oxygens (including phenoxy) is 3. The van der Waals surface area contributed by atoms with E-state index in [4.69, 9.17) is 24.2 Å². The third-order valence-corrected chi connectivity index (χ3v) is 7.54. The summed E-state index contributed by atoms with van der Waals surface area (Å²) in [6, 6.07) is 4.47. The van der Waals surface area contributed by atoms with E-state index < -0.39 is 0 Å². The Balaban J connectivity index is 1.30. The van der Waals surface area contributed by atoms with Crippen LogP contribution in [0.2, 0.25) is 0 Å². The van der Waals surface area contributed by atoms with E-state index in [2.05, 4.69) is 35.7 Å². The van der Waals surface area contributed by atoms with Gasteiger partial charge in [0.25, 0.3) is 0 Å². The van der Waals surface area contributed by atoms with Gasteiger partial charge in [0.15, 0.2) is 11.5 Å². The molecule has 0 spiro atoms. The van der Waals surface area contributed by atoms with Crippen molar-refractivity contribution in [2.75, 3.05) is 50.7 Å². The normalized spacial score (nSPS) is 19.0. The Morgan fingerprint density at radius 1 is 0.842 bits per heavy atom. The number of hydrogen-bond acceptors (Lipinski definition) is 8. The molecule has 1 fully saturated rings. The van der Waals surface area contributed by atoms with Crippen LogP contribution in [0.25, 0.3) is 0 Å². The van der Waals surface area contributed by atoms with Gasteiger partial charge < -0.3 is 29.7 Å². The molecule has 8 nitrogen and oxygen atoms in total. The van der Waals surface area contributed by atoms with Crippen LogP contribution in [0.1, 0.15) is 76.1 Å². The molecular formula is C30H47N5O3. The molecule has 8 heteroatoms. The predicted octanol–water partition coefficient (Wildman–Crippen LogP) is 5.38. The number of rotatable bonds is 13. The van der Waals surface area contributed by atoms with Gasteiger partial charge in [0, 0.05) is 43.9 Å². The molecule has 0 amide bonds. The minimum absolute atomic E-state index is 0.437. The summed E-state index contributed by atoms with van der Waals surface area (Å²) in [4.78, 5) is 12.0. The van der Waals surface area contributed by atoms with Crippen LogP contribution in [0.15, 0.2) is 12.1 Å². The van der Waals surface area contributed by atoms with Crippen molar-refractivity contribution < 1.29 is 14.2 Å². The van der Waals surface area contributed by atoms with E-state index in [0.717, 1.165) is 73.4 Å². The summed E-state index contributed by atoms with van der Waals surface area (Å²) >= 11 is 0. The van der Waals surface area contributed by atoms with Crippen molar-refractivity contribution in [1.29, 1.82) is 0 Å². The Labute approximate surface area is 228 Å². The van der Waals surface area contributed by atoms with Crippen molar-refractivity contribution in [3.05, 3.63) is 29.0 Å². The predicted molar refractivity (Wildman–Crippen MR) is 154 cm³/mol. The van der Waals surface area contributed by atoms with Gasteiger partial charge in [0.2, 0.25) is 5.95 Å². The maximum Gasteiger partial charge on any atom is 0.225 e. The van der Waals surface area contributed by atoms with Crippen molar-refractivity contribution in [2.24, 2.45) is 5.92 Å². The molecule has 1 saturated carbocycles. The quantitative estimate of drug-likeness (QED) is 0.361. The smallest absolute Gasteiger partial charge is 0.225 e. The molecule has 2 aliphatic rings. The maximum atomic E-state index is 5.93. The Kier molecular flexibility index (Phi) is 10.3. The van der Waals surface area contributed by atoms with Gasteiger partial charge in [-0.05, 0) is 90.7 Å². The summed E-state index contributed by atoms with van der Waals surface area (Å²) in [5.74, 6) is 4.95. The highest BCUT2D eigenvalue weighted by molar-refractivity contribution is 5.53. The first-order valence-corrected chi connectivity index (χ1v) is 14.6. The van der Waals surface area contributed by atoms with E-state index in [9.17, 15) is 0 Å². The average molecular weight is 526 g/mol. The van der Waals surface area contributed by atoms with Crippen molar-refractivity contribution in [2.45, 2.75) is 84.7 Å². The molecule has 2 aromatic rings. The van der Waals surface area contributed by atoms with Crippen LogP contribution in [-0.4, -0.2) is 56.5 Å². The fraction of sp³-hybridized carbons (Fsp3) is 0.667. The maximum absolute atomic E-state index is 5.93. The fourth-order valence-corrected chi connectivity index (χ4v) is 5.66. The van der Waals surface area contributed by atoms with E-state index >= 15 is 0 Å². The molecule has 0 atom stereocenters. The van der Waals surface area contributed by atoms with Crippen LogP contribution in [0.4, 0.5) is 11.8 Å². The molecule has 0 unspecified atom stereocenters. The monoisotopic (exact) mass is 525 g/mol. The molecule has 2 aliphatic carbocycles.